The van der Waals surface area contributed by atoms with Crippen molar-refractivity contribution in [2.45, 2.75) is 37.2 Å². The van der Waals surface area contributed by atoms with Crippen LogP contribution in [0.25, 0.3) is 0 Å². The van der Waals surface area contributed by atoms with E-state index in [1.165, 1.54) is 17.1 Å². The van der Waals surface area contributed by atoms with Gasteiger partial charge in [-0.25, -0.2) is 8.42 Å². The number of thiophene rings is 1. The molecule has 0 atom stereocenters. The Balaban J connectivity index is 2.09. The molecule has 0 aliphatic heterocycles. The Morgan fingerprint density at radius 1 is 1.50 bits per heavy atom. The molecular formula is C13H22N2O3S2. The largest absolute Gasteiger partial charge is 0.383 e. The van der Waals surface area contributed by atoms with Crippen molar-refractivity contribution in [3.05, 3.63) is 15.8 Å². The lowest BCUT2D eigenvalue weighted by atomic mass is 10.4. The molecule has 2 rings (SSSR count). The van der Waals surface area contributed by atoms with Crippen LogP contribution < -0.4 is 5.32 Å². The first-order valence-corrected chi connectivity index (χ1v) is 8.98. The second-order valence-electron chi connectivity index (χ2n) is 5.11. The summed E-state index contributed by atoms with van der Waals surface area (Å²) in [5.41, 5.74) is 0. The van der Waals surface area contributed by atoms with Crippen LogP contribution in [0, 0.1) is 6.92 Å². The molecule has 0 aromatic carbocycles. The zero-order chi connectivity index (χ0) is 14.8. The smallest absolute Gasteiger partial charge is 0.244 e. The Labute approximate surface area is 125 Å². The van der Waals surface area contributed by atoms with Crippen LogP contribution in [0.2, 0.25) is 0 Å². The summed E-state index contributed by atoms with van der Waals surface area (Å²) in [6, 6.07) is 2.43. The lowest BCUT2D eigenvalue weighted by molar-refractivity contribution is 0.185. The third kappa shape index (κ3) is 3.79. The molecule has 1 aromatic rings. The Morgan fingerprint density at radius 3 is 2.80 bits per heavy atom. The Kier molecular flexibility index (Phi) is 5.19. The van der Waals surface area contributed by atoms with Crippen molar-refractivity contribution < 1.29 is 13.2 Å². The topological polar surface area (TPSA) is 58.6 Å². The molecule has 0 unspecified atom stereocenters. The van der Waals surface area contributed by atoms with Crippen molar-refractivity contribution >= 4 is 21.4 Å². The summed E-state index contributed by atoms with van der Waals surface area (Å²) >= 11 is 1.55. The van der Waals surface area contributed by atoms with Gasteiger partial charge in [-0.05, 0) is 25.8 Å². The molecule has 0 saturated heterocycles. The number of rotatable bonds is 8. The van der Waals surface area contributed by atoms with Gasteiger partial charge in [0.05, 0.1) is 11.5 Å². The monoisotopic (exact) mass is 318 g/mol. The fourth-order valence-electron chi connectivity index (χ4n) is 1.91. The lowest BCUT2D eigenvalue weighted by Gasteiger charge is -2.16. The van der Waals surface area contributed by atoms with Gasteiger partial charge in [0.25, 0.3) is 0 Å². The maximum atomic E-state index is 12.5. The molecule has 1 aliphatic carbocycles. The fraction of sp³-hybridized carbons (Fsp3) is 0.692. The first-order chi connectivity index (χ1) is 9.45. The zero-order valence-corrected chi connectivity index (χ0v) is 13.8. The minimum absolute atomic E-state index is 0.365. The molecule has 0 amide bonds. The highest BCUT2D eigenvalue weighted by atomic mass is 32.2. The zero-order valence-electron chi connectivity index (χ0n) is 12.2. The van der Waals surface area contributed by atoms with E-state index in [1.54, 1.807) is 31.6 Å². The van der Waals surface area contributed by atoms with Gasteiger partial charge in [-0.2, -0.15) is 4.31 Å². The molecular weight excluding hydrogens is 296 g/mol. The number of likely N-dealkylation sites (N-methyl/N-ethyl adjacent to an activating group) is 1. The lowest BCUT2D eigenvalue weighted by Crippen LogP contribution is -2.30. The molecule has 1 aromatic heterocycles. The van der Waals surface area contributed by atoms with Crippen LogP contribution in [0.3, 0.4) is 0 Å². The number of methoxy groups -OCH3 is 1. The van der Waals surface area contributed by atoms with Crippen molar-refractivity contribution in [2.75, 3.05) is 27.3 Å². The van der Waals surface area contributed by atoms with Gasteiger partial charge in [-0.1, -0.05) is 0 Å². The minimum atomic E-state index is -3.41. The van der Waals surface area contributed by atoms with E-state index in [4.69, 9.17) is 4.74 Å². The van der Waals surface area contributed by atoms with Crippen molar-refractivity contribution in [3.8, 4) is 0 Å². The van der Waals surface area contributed by atoms with Gasteiger partial charge < -0.3 is 10.1 Å². The maximum absolute atomic E-state index is 12.5. The van der Waals surface area contributed by atoms with Crippen molar-refractivity contribution in [1.29, 1.82) is 0 Å². The Hall–Kier alpha value is -0.470. The van der Waals surface area contributed by atoms with Crippen LogP contribution >= 0.6 is 11.3 Å². The molecule has 0 spiro atoms. The third-order valence-electron chi connectivity index (χ3n) is 3.36. The molecule has 20 heavy (non-hydrogen) atoms. The standard InChI is InChI=1S/C13H22N2O3S2/c1-10-13(20(16,17)15(2)6-7-18-3)8-12(19-10)9-14-11-4-5-11/h8,11,14H,4-7,9H2,1-3H3. The van der Waals surface area contributed by atoms with E-state index in [1.807, 2.05) is 6.92 Å². The van der Waals surface area contributed by atoms with Gasteiger partial charge in [-0.3, -0.25) is 0 Å². The van der Waals surface area contributed by atoms with Gasteiger partial charge in [0.2, 0.25) is 10.0 Å². The van der Waals surface area contributed by atoms with Crippen LogP contribution in [0.1, 0.15) is 22.6 Å². The molecule has 114 valence electrons. The highest BCUT2D eigenvalue weighted by molar-refractivity contribution is 7.89. The predicted octanol–water partition coefficient (Wildman–Crippen LogP) is 1.58. The second-order valence-corrected chi connectivity index (χ2v) is 8.46. The van der Waals surface area contributed by atoms with Crippen LogP contribution in [0.15, 0.2) is 11.0 Å². The van der Waals surface area contributed by atoms with Gasteiger partial charge in [-0.15, -0.1) is 11.3 Å². The fourth-order valence-corrected chi connectivity index (χ4v) is 4.61. The van der Waals surface area contributed by atoms with E-state index in [-0.39, 0.29) is 0 Å². The summed E-state index contributed by atoms with van der Waals surface area (Å²) < 4.78 is 31.2. The van der Waals surface area contributed by atoms with Gasteiger partial charge >= 0.3 is 0 Å². The Morgan fingerprint density at radius 2 is 2.20 bits per heavy atom. The first kappa shape index (κ1) is 15.9. The van der Waals surface area contributed by atoms with Crippen LogP contribution in [0.4, 0.5) is 0 Å². The minimum Gasteiger partial charge on any atom is -0.383 e. The third-order valence-corrected chi connectivity index (χ3v) is 6.53. The summed E-state index contributed by atoms with van der Waals surface area (Å²) in [4.78, 5) is 2.35. The van der Waals surface area contributed by atoms with Crippen LogP contribution in [0.5, 0.6) is 0 Å². The van der Waals surface area contributed by atoms with Gasteiger partial charge in [0.15, 0.2) is 0 Å². The second kappa shape index (κ2) is 6.53. The van der Waals surface area contributed by atoms with Gasteiger partial charge in [0.1, 0.15) is 0 Å². The number of hydrogen-bond donors (Lipinski definition) is 1. The molecule has 1 saturated carbocycles. The molecule has 0 radical (unpaired) electrons. The summed E-state index contributed by atoms with van der Waals surface area (Å²) in [6.07, 6.45) is 2.46. The van der Waals surface area contributed by atoms with Crippen molar-refractivity contribution in [2.24, 2.45) is 0 Å². The molecule has 7 heteroatoms. The molecule has 5 nitrogen and oxygen atoms in total. The molecule has 1 fully saturated rings. The van der Waals surface area contributed by atoms with E-state index >= 15 is 0 Å². The van der Waals surface area contributed by atoms with Crippen molar-refractivity contribution in [1.82, 2.24) is 9.62 Å². The number of hydrogen-bond acceptors (Lipinski definition) is 5. The number of nitrogens with zero attached hydrogens (tertiary/aromatic N) is 1. The van der Waals surface area contributed by atoms with Crippen molar-refractivity contribution in [3.63, 3.8) is 0 Å². The summed E-state index contributed by atoms with van der Waals surface area (Å²) in [7, 11) is -0.250. The highest BCUT2D eigenvalue weighted by Gasteiger charge is 2.25. The number of ether oxygens (including phenoxy) is 1. The predicted molar refractivity (Wildman–Crippen MR) is 80.6 cm³/mol. The summed E-state index contributed by atoms with van der Waals surface area (Å²) in [6.45, 7) is 3.38. The number of sulfonamides is 1. The van der Waals surface area contributed by atoms with E-state index in [0.29, 0.717) is 24.1 Å². The van der Waals surface area contributed by atoms with E-state index in [2.05, 4.69) is 5.32 Å². The Bertz CT molecular complexity index is 550. The van der Waals surface area contributed by atoms with Crippen LogP contribution in [-0.2, 0) is 21.3 Å². The molecule has 1 aliphatic rings. The highest BCUT2D eigenvalue weighted by Crippen LogP contribution is 2.28. The molecule has 1 N–H and O–H groups in total. The average Bonchev–Trinajstić information content (AvgIpc) is 3.15. The molecule has 1 heterocycles. The number of nitrogens with one attached hydrogen (secondary N) is 1. The maximum Gasteiger partial charge on any atom is 0.244 e. The molecule has 0 bridgehead atoms. The van der Waals surface area contributed by atoms with Crippen LogP contribution in [-0.4, -0.2) is 46.1 Å². The number of aryl methyl sites for hydroxylation is 1. The van der Waals surface area contributed by atoms with E-state index in [9.17, 15) is 8.42 Å². The summed E-state index contributed by atoms with van der Waals surface area (Å²) in [5, 5.41) is 3.41. The SMILES string of the molecule is COCCN(C)S(=O)(=O)c1cc(CNC2CC2)sc1C. The first-order valence-electron chi connectivity index (χ1n) is 6.73. The average molecular weight is 318 g/mol. The van der Waals surface area contributed by atoms with E-state index in [0.717, 1.165) is 16.3 Å². The normalized spacial score (nSPS) is 16.0. The van der Waals surface area contributed by atoms with Gasteiger partial charge in [0, 0.05) is 43.0 Å². The quantitative estimate of drug-likeness (QED) is 0.790. The summed E-state index contributed by atoms with van der Waals surface area (Å²) in [5.74, 6) is 0. The van der Waals surface area contributed by atoms with E-state index < -0.39 is 10.0 Å².